The van der Waals surface area contributed by atoms with E-state index in [1.54, 1.807) is 30.2 Å². The molecule has 0 atom stereocenters. The fourth-order valence-corrected chi connectivity index (χ4v) is 6.93. The molecular weight excluding hydrogens is 686 g/mol. The summed E-state index contributed by atoms with van der Waals surface area (Å²) in [5.74, 6) is 0.715. The van der Waals surface area contributed by atoms with Crippen LogP contribution < -0.4 is 14.2 Å². The number of methoxy groups -OCH3 is 1. The minimum Gasteiger partial charge on any atom is -0.495 e. The first kappa shape index (κ1) is 36.6. The van der Waals surface area contributed by atoms with Crippen LogP contribution in [-0.4, -0.2) is 110 Å². The number of hydrogen-bond donors (Lipinski definition) is 1. The fraction of sp³-hybridized carbons (Fsp3) is 0.361. The standard InChI is InChI=1S/C36H40ClN3O7S2/c1-38(2)12-18-47-30-8-5-24(25-6-10-32(44-3)29(37)21-25)19-27(30)22-33-34(41)40(36(48)49-33)11-4-15-46-31-9-7-26(35(42)43)20-28(31)23-39-13-16-45-17-14-39/h5-10,19-22H,4,11-18,23H2,1-3H3,(H,42,43)/b33-22-. The molecule has 49 heavy (non-hydrogen) atoms. The van der Waals surface area contributed by atoms with E-state index in [1.807, 2.05) is 61.5 Å². The molecule has 0 bridgehead atoms. The Bertz CT molecular complexity index is 1710. The number of rotatable bonds is 15. The first-order chi connectivity index (χ1) is 23.6. The van der Waals surface area contributed by atoms with Crippen molar-refractivity contribution in [1.29, 1.82) is 0 Å². The van der Waals surface area contributed by atoms with Gasteiger partial charge in [0.15, 0.2) is 0 Å². The summed E-state index contributed by atoms with van der Waals surface area (Å²) in [6.45, 7) is 5.30. The highest BCUT2D eigenvalue weighted by molar-refractivity contribution is 8.26. The molecule has 0 aliphatic carbocycles. The van der Waals surface area contributed by atoms with E-state index in [0.29, 0.717) is 77.4 Å². The molecule has 3 aromatic carbocycles. The number of halogens is 1. The summed E-state index contributed by atoms with van der Waals surface area (Å²) in [5.41, 5.74) is 3.58. The Morgan fingerprint density at radius 3 is 2.41 bits per heavy atom. The molecule has 2 fully saturated rings. The smallest absolute Gasteiger partial charge is 0.335 e. The summed E-state index contributed by atoms with van der Waals surface area (Å²) < 4.78 is 23.5. The molecule has 0 radical (unpaired) electrons. The molecule has 260 valence electrons. The van der Waals surface area contributed by atoms with Crippen molar-refractivity contribution in [1.82, 2.24) is 14.7 Å². The molecule has 13 heteroatoms. The lowest BCUT2D eigenvalue weighted by Gasteiger charge is -2.27. The molecule has 2 aliphatic heterocycles. The highest BCUT2D eigenvalue weighted by Gasteiger charge is 2.32. The minimum atomic E-state index is -0.985. The molecule has 1 amide bonds. The van der Waals surface area contributed by atoms with Gasteiger partial charge in [-0.25, -0.2) is 4.79 Å². The Labute approximate surface area is 301 Å². The largest absolute Gasteiger partial charge is 0.495 e. The SMILES string of the molecule is COc1ccc(-c2ccc(OCCN(C)C)c(/C=C3\SC(=S)N(CCCOc4ccc(C(=O)O)cc4CN4CCOCC4)C3=O)c2)cc1Cl. The lowest BCUT2D eigenvalue weighted by atomic mass is 10.0. The zero-order chi connectivity index (χ0) is 34.9. The van der Waals surface area contributed by atoms with Gasteiger partial charge in [0.2, 0.25) is 0 Å². The van der Waals surface area contributed by atoms with Gasteiger partial charge in [0, 0.05) is 43.9 Å². The average Bonchev–Trinajstić information content (AvgIpc) is 3.35. The number of ether oxygens (including phenoxy) is 4. The van der Waals surface area contributed by atoms with E-state index in [1.165, 1.54) is 11.8 Å². The topological polar surface area (TPSA) is 101 Å². The molecule has 10 nitrogen and oxygen atoms in total. The van der Waals surface area contributed by atoms with Gasteiger partial charge in [0.25, 0.3) is 5.91 Å². The van der Waals surface area contributed by atoms with Crippen LogP contribution in [0.25, 0.3) is 17.2 Å². The van der Waals surface area contributed by atoms with Gasteiger partial charge in [-0.3, -0.25) is 14.6 Å². The summed E-state index contributed by atoms with van der Waals surface area (Å²) in [4.78, 5) is 31.6. The lowest BCUT2D eigenvalue weighted by molar-refractivity contribution is -0.122. The van der Waals surface area contributed by atoms with Crippen LogP contribution in [0, 0.1) is 0 Å². The van der Waals surface area contributed by atoms with E-state index in [9.17, 15) is 14.7 Å². The predicted octanol–water partition coefficient (Wildman–Crippen LogP) is 6.16. The van der Waals surface area contributed by atoms with E-state index < -0.39 is 5.97 Å². The highest BCUT2D eigenvalue weighted by atomic mass is 35.5. The molecule has 0 unspecified atom stereocenters. The third-order valence-electron chi connectivity index (χ3n) is 8.04. The number of hydrogen-bond acceptors (Lipinski definition) is 10. The van der Waals surface area contributed by atoms with E-state index >= 15 is 0 Å². The molecule has 3 aromatic rings. The molecular formula is C36H40ClN3O7S2. The van der Waals surface area contributed by atoms with E-state index in [2.05, 4.69) is 4.90 Å². The number of thiocarbonyl (C=S) groups is 1. The first-order valence-corrected chi connectivity index (χ1v) is 17.5. The lowest BCUT2D eigenvalue weighted by Crippen LogP contribution is -2.35. The number of thioether (sulfide) groups is 1. The summed E-state index contributed by atoms with van der Waals surface area (Å²) in [7, 11) is 5.54. The molecule has 5 rings (SSSR count). The van der Waals surface area contributed by atoms with E-state index in [-0.39, 0.29) is 11.5 Å². The molecule has 2 heterocycles. The van der Waals surface area contributed by atoms with Crippen molar-refractivity contribution in [3.63, 3.8) is 0 Å². The zero-order valence-corrected chi connectivity index (χ0v) is 30.2. The maximum absolute atomic E-state index is 13.6. The van der Waals surface area contributed by atoms with Crippen LogP contribution in [0.5, 0.6) is 17.2 Å². The van der Waals surface area contributed by atoms with Crippen LogP contribution in [0.3, 0.4) is 0 Å². The summed E-state index contributed by atoms with van der Waals surface area (Å²) in [6.07, 6.45) is 2.36. The van der Waals surface area contributed by atoms with Crippen LogP contribution in [0.15, 0.2) is 59.5 Å². The number of likely N-dealkylation sites (N-methyl/N-ethyl adjacent to an activating group) is 1. The van der Waals surface area contributed by atoms with Crippen LogP contribution >= 0.6 is 35.6 Å². The van der Waals surface area contributed by atoms with Crippen molar-refractivity contribution in [3.8, 4) is 28.4 Å². The summed E-state index contributed by atoms with van der Waals surface area (Å²) in [5, 5.41) is 10.0. The fourth-order valence-electron chi connectivity index (χ4n) is 5.37. The van der Waals surface area contributed by atoms with Crippen LogP contribution in [0.4, 0.5) is 0 Å². The van der Waals surface area contributed by atoms with Crippen molar-refractivity contribution in [2.45, 2.75) is 13.0 Å². The van der Waals surface area contributed by atoms with Gasteiger partial charge >= 0.3 is 5.97 Å². The second-order valence-corrected chi connectivity index (χ2v) is 13.9. The molecule has 1 N–H and O–H groups in total. The number of aromatic carboxylic acids is 1. The predicted molar refractivity (Wildman–Crippen MR) is 197 cm³/mol. The van der Waals surface area contributed by atoms with Crippen molar-refractivity contribution in [2.75, 3.05) is 73.8 Å². The summed E-state index contributed by atoms with van der Waals surface area (Å²) >= 11 is 13.3. The normalized spacial score (nSPS) is 16.1. The van der Waals surface area contributed by atoms with E-state index in [0.717, 1.165) is 41.9 Å². The number of carboxylic acids is 1. The second kappa shape index (κ2) is 17.3. The van der Waals surface area contributed by atoms with Gasteiger partial charge in [-0.1, -0.05) is 47.7 Å². The molecule has 0 spiro atoms. The van der Waals surface area contributed by atoms with Crippen LogP contribution in [0.2, 0.25) is 5.02 Å². The van der Waals surface area contributed by atoms with Gasteiger partial charge < -0.3 is 29.0 Å². The van der Waals surface area contributed by atoms with Gasteiger partial charge in [-0.2, -0.15) is 0 Å². The first-order valence-electron chi connectivity index (χ1n) is 15.9. The van der Waals surface area contributed by atoms with Crippen molar-refractivity contribution in [3.05, 3.63) is 81.2 Å². The number of morpholine rings is 1. The van der Waals surface area contributed by atoms with E-state index in [4.69, 9.17) is 42.8 Å². The monoisotopic (exact) mass is 725 g/mol. The number of carbonyl (C=O) groups is 2. The Hall–Kier alpha value is -3.65. The Morgan fingerprint density at radius 2 is 1.71 bits per heavy atom. The minimum absolute atomic E-state index is 0.175. The summed E-state index contributed by atoms with van der Waals surface area (Å²) in [6, 6.07) is 16.4. The van der Waals surface area contributed by atoms with Crippen LogP contribution in [0.1, 0.15) is 27.9 Å². The maximum atomic E-state index is 13.6. The van der Waals surface area contributed by atoms with Crippen molar-refractivity contribution >= 4 is 57.9 Å². The second-order valence-electron chi connectivity index (χ2n) is 11.8. The number of amides is 1. The number of carbonyl (C=O) groups excluding carboxylic acids is 1. The Kier molecular flexibility index (Phi) is 13.0. The zero-order valence-electron chi connectivity index (χ0n) is 27.8. The number of benzene rings is 3. The Morgan fingerprint density at radius 1 is 1.02 bits per heavy atom. The third kappa shape index (κ3) is 9.74. The highest BCUT2D eigenvalue weighted by Crippen LogP contribution is 2.37. The molecule has 0 aromatic heterocycles. The van der Waals surface area contributed by atoms with Gasteiger partial charge in [-0.05, 0) is 80.2 Å². The van der Waals surface area contributed by atoms with Crippen molar-refractivity contribution in [2.24, 2.45) is 0 Å². The molecule has 2 saturated heterocycles. The molecule has 0 saturated carbocycles. The number of nitrogens with zero attached hydrogens (tertiary/aromatic N) is 3. The third-order valence-corrected chi connectivity index (χ3v) is 9.71. The molecule has 2 aliphatic rings. The van der Waals surface area contributed by atoms with Gasteiger partial charge in [-0.15, -0.1) is 0 Å². The van der Waals surface area contributed by atoms with Crippen molar-refractivity contribution < 1.29 is 33.6 Å². The van der Waals surface area contributed by atoms with Crippen LogP contribution in [-0.2, 0) is 16.1 Å². The quantitative estimate of drug-likeness (QED) is 0.111. The number of carboxylic acid groups (broad SMARTS) is 1. The van der Waals surface area contributed by atoms with Gasteiger partial charge in [0.05, 0.1) is 42.4 Å². The maximum Gasteiger partial charge on any atom is 0.335 e. The average molecular weight is 726 g/mol. The van der Waals surface area contributed by atoms with Gasteiger partial charge in [0.1, 0.15) is 28.2 Å². The Balaban J connectivity index is 1.27.